The van der Waals surface area contributed by atoms with Crippen molar-refractivity contribution in [1.29, 1.82) is 0 Å². The first-order chi connectivity index (χ1) is 16.9. The largest absolute Gasteiger partial charge is 0.487 e. The summed E-state index contributed by atoms with van der Waals surface area (Å²) in [7, 11) is 3.06. The van der Waals surface area contributed by atoms with E-state index in [9.17, 15) is 14.4 Å². The van der Waals surface area contributed by atoms with E-state index in [1.165, 1.54) is 11.6 Å². The molecule has 1 amide bonds. The van der Waals surface area contributed by atoms with Crippen molar-refractivity contribution in [3.63, 3.8) is 0 Å². The number of hydrogen-bond donors (Lipinski definition) is 0. The van der Waals surface area contributed by atoms with E-state index in [2.05, 4.69) is 10.3 Å². The number of para-hydroxylation sites is 1. The van der Waals surface area contributed by atoms with Gasteiger partial charge in [-0.05, 0) is 24.6 Å². The van der Waals surface area contributed by atoms with Crippen LogP contribution in [0.4, 0.5) is 0 Å². The van der Waals surface area contributed by atoms with Crippen molar-refractivity contribution < 1.29 is 9.53 Å². The molecule has 11 nitrogen and oxygen atoms in total. The van der Waals surface area contributed by atoms with Crippen LogP contribution < -0.4 is 16.0 Å². The number of nitrogens with zero attached hydrogens (tertiary/aromatic N) is 7. The smallest absolute Gasteiger partial charge is 0.332 e. The summed E-state index contributed by atoms with van der Waals surface area (Å²) in [5.74, 6) is 0.588. The molecular formula is C24H27N7O4. The minimum Gasteiger partial charge on any atom is -0.487 e. The van der Waals surface area contributed by atoms with Crippen LogP contribution in [0.25, 0.3) is 11.0 Å². The van der Waals surface area contributed by atoms with Crippen LogP contribution >= 0.6 is 0 Å². The van der Waals surface area contributed by atoms with Crippen LogP contribution in [0.15, 0.2) is 52.2 Å². The Bertz CT molecular complexity index is 1510. The fraction of sp³-hybridized carbons (Fsp3) is 0.375. The SMILES string of the molecule is CCCn1c(C(=O)N2CC(n3cc(COc4ccccc4)nn3)C2)cc2c(=O)n(C)c(=O)n(C)c21. The summed E-state index contributed by atoms with van der Waals surface area (Å²) in [6.45, 7) is 3.78. The molecule has 0 radical (unpaired) electrons. The Morgan fingerprint density at radius 3 is 2.57 bits per heavy atom. The minimum absolute atomic E-state index is 0.0122. The zero-order valence-electron chi connectivity index (χ0n) is 19.9. The van der Waals surface area contributed by atoms with Crippen molar-refractivity contribution in [1.82, 2.24) is 33.6 Å². The third-order valence-corrected chi connectivity index (χ3v) is 6.37. The third kappa shape index (κ3) is 3.92. The first-order valence-corrected chi connectivity index (χ1v) is 11.6. The van der Waals surface area contributed by atoms with Crippen molar-refractivity contribution in [2.45, 2.75) is 32.5 Å². The molecule has 11 heteroatoms. The third-order valence-electron chi connectivity index (χ3n) is 6.37. The fourth-order valence-electron chi connectivity index (χ4n) is 4.45. The number of amides is 1. The maximum Gasteiger partial charge on any atom is 0.332 e. The molecule has 0 unspecified atom stereocenters. The van der Waals surface area contributed by atoms with Gasteiger partial charge in [0.2, 0.25) is 0 Å². The van der Waals surface area contributed by atoms with Gasteiger partial charge in [0.05, 0.1) is 17.6 Å². The zero-order chi connectivity index (χ0) is 24.7. The Balaban J connectivity index is 1.32. The van der Waals surface area contributed by atoms with E-state index in [0.717, 1.165) is 16.7 Å². The lowest BCUT2D eigenvalue weighted by Crippen LogP contribution is -2.51. The fourth-order valence-corrected chi connectivity index (χ4v) is 4.45. The summed E-state index contributed by atoms with van der Waals surface area (Å²) < 4.78 is 11.8. The maximum absolute atomic E-state index is 13.4. The molecule has 0 bridgehead atoms. The molecule has 1 aromatic carbocycles. The van der Waals surface area contributed by atoms with Gasteiger partial charge in [0.1, 0.15) is 29.4 Å². The van der Waals surface area contributed by atoms with E-state index in [1.54, 1.807) is 27.3 Å². The van der Waals surface area contributed by atoms with Gasteiger partial charge in [0.15, 0.2) is 0 Å². The highest BCUT2D eigenvalue weighted by atomic mass is 16.5. The Morgan fingerprint density at radius 2 is 1.86 bits per heavy atom. The maximum atomic E-state index is 13.4. The number of aryl methyl sites for hydroxylation is 2. The van der Waals surface area contributed by atoms with Crippen LogP contribution in [0.5, 0.6) is 5.75 Å². The van der Waals surface area contributed by atoms with Crippen LogP contribution in [-0.4, -0.2) is 52.6 Å². The van der Waals surface area contributed by atoms with Crippen molar-refractivity contribution in [2.24, 2.45) is 14.1 Å². The average Bonchev–Trinajstić information content (AvgIpc) is 3.45. The Kier molecular flexibility index (Phi) is 5.75. The lowest BCUT2D eigenvalue weighted by Gasteiger charge is -2.38. The van der Waals surface area contributed by atoms with Gasteiger partial charge in [-0.25, -0.2) is 9.48 Å². The molecule has 5 rings (SSSR count). The highest BCUT2D eigenvalue weighted by molar-refractivity contribution is 5.98. The standard InChI is InChI=1S/C24H27N7O4/c1-4-10-30-20(11-19-21(30)27(2)24(34)28(3)22(19)32)23(33)29-13-17(14-29)31-12-16(25-26-31)15-35-18-8-6-5-7-9-18/h5-9,11-12,17H,4,10,13-15H2,1-3H3. The van der Waals surface area contributed by atoms with E-state index in [-0.39, 0.29) is 11.9 Å². The molecule has 1 aliphatic heterocycles. The first kappa shape index (κ1) is 22.6. The predicted octanol–water partition coefficient (Wildman–Crippen LogP) is 1.32. The highest BCUT2D eigenvalue weighted by Gasteiger charge is 2.35. The molecule has 1 saturated heterocycles. The summed E-state index contributed by atoms with van der Waals surface area (Å²) >= 11 is 0. The number of carbonyl (C=O) groups is 1. The molecule has 0 aliphatic carbocycles. The number of rotatable bonds is 7. The molecule has 4 heterocycles. The first-order valence-electron chi connectivity index (χ1n) is 11.6. The van der Waals surface area contributed by atoms with E-state index in [1.807, 2.05) is 43.5 Å². The molecule has 0 N–H and O–H groups in total. The van der Waals surface area contributed by atoms with Gasteiger partial charge in [-0.1, -0.05) is 30.3 Å². The van der Waals surface area contributed by atoms with Gasteiger partial charge in [0, 0.05) is 33.7 Å². The molecular weight excluding hydrogens is 450 g/mol. The molecule has 1 fully saturated rings. The normalized spacial score (nSPS) is 13.9. The lowest BCUT2D eigenvalue weighted by molar-refractivity contribution is 0.0487. The van der Waals surface area contributed by atoms with Gasteiger partial charge in [-0.15, -0.1) is 5.10 Å². The summed E-state index contributed by atoms with van der Waals surface area (Å²) in [5.41, 5.74) is 0.771. The number of aromatic nitrogens is 6. The number of ether oxygens (including phenoxy) is 1. The molecule has 0 spiro atoms. The van der Waals surface area contributed by atoms with Gasteiger partial charge in [-0.3, -0.25) is 18.7 Å². The van der Waals surface area contributed by atoms with E-state index < -0.39 is 11.2 Å². The Labute approximate surface area is 200 Å². The van der Waals surface area contributed by atoms with E-state index >= 15 is 0 Å². The number of carbonyl (C=O) groups excluding carboxylic acids is 1. The van der Waals surface area contributed by atoms with Gasteiger partial charge in [0.25, 0.3) is 11.5 Å². The topological polar surface area (TPSA) is 109 Å². The summed E-state index contributed by atoms with van der Waals surface area (Å²) in [5, 5.41) is 8.74. The van der Waals surface area contributed by atoms with Crippen LogP contribution in [0, 0.1) is 0 Å². The molecule has 3 aromatic heterocycles. The predicted molar refractivity (Wildman–Crippen MR) is 128 cm³/mol. The summed E-state index contributed by atoms with van der Waals surface area (Å²) in [6, 6.07) is 11.1. The monoisotopic (exact) mass is 477 g/mol. The molecule has 35 heavy (non-hydrogen) atoms. The average molecular weight is 478 g/mol. The van der Waals surface area contributed by atoms with Gasteiger partial charge < -0.3 is 14.2 Å². The van der Waals surface area contributed by atoms with Crippen molar-refractivity contribution >= 4 is 16.9 Å². The highest BCUT2D eigenvalue weighted by Crippen LogP contribution is 2.25. The number of likely N-dealkylation sites (tertiary alicyclic amines) is 1. The van der Waals surface area contributed by atoms with Crippen molar-refractivity contribution in [3.8, 4) is 5.75 Å². The van der Waals surface area contributed by atoms with E-state index in [4.69, 9.17) is 4.74 Å². The number of hydrogen-bond acceptors (Lipinski definition) is 6. The summed E-state index contributed by atoms with van der Waals surface area (Å²) in [4.78, 5) is 40.3. The second-order valence-corrected chi connectivity index (χ2v) is 8.78. The number of fused-ring (bicyclic) bond motifs is 1. The van der Waals surface area contributed by atoms with Gasteiger partial charge in [-0.2, -0.15) is 0 Å². The second kappa shape index (κ2) is 8.90. The second-order valence-electron chi connectivity index (χ2n) is 8.78. The van der Waals surface area contributed by atoms with Crippen molar-refractivity contribution in [2.75, 3.05) is 13.1 Å². The summed E-state index contributed by atoms with van der Waals surface area (Å²) in [6.07, 6.45) is 2.59. The molecule has 0 saturated carbocycles. The Morgan fingerprint density at radius 1 is 1.11 bits per heavy atom. The zero-order valence-corrected chi connectivity index (χ0v) is 19.9. The molecule has 0 atom stereocenters. The van der Waals surface area contributed by atoms with Crippen LogP contribution in [-0.2, 0) is 27.2 Å². The van der Waals surface area contributed by atoms with Crippen LogP contribution in [0.3, 0.4) is 0 Å². The molecule has 182 valence electrons. The van der Waals surface area contributed by atoms with Crippen molar-refractivity contribution in [3.05, 3.63) is 74.8 Å². The number of benzene rings is 1. The van der Waals surface area contributed by atoms with Gasteiger partial charge >= 0.3 is 5.69 Å². The lowest BCUT2D eigenvalue weighted by atomic mass is 10.1. The van der Waals surface area contributed by atoms with E-state index in [0.29, 0.717) is 48.7 Å². The quantitative estimate of drug-likeness (QED) is 0.397. The molecule has 1 aliphatic rings. The molecule has 4 aromatic rings. The Hall–Kier alpha value is -4.15. The van der Waals surface area contributed by atoms with Crippen LogP contribution in [0.2, 0.25) is 0 Å². The van der Waals surface area contributed by atoms with Crippen LogP contribution in [0.1, 0.15) is 35.6 Å². The minimum atomic E-state index is -0.417.